The number of Topliss-reactive ketones (excluding diaryl/α,β-unsaturated/α-hetero) is 1. The molecule has 0 fully saturated rings. The summed E-state index contributed by atoms with van der Waals surface area (Å²) >= 11 is 0. The number of ketones is 1. The Morgan fingerprint density at radius 1 is 0.755 bits per heavy atom. The highest BCUT2D eigenvalue weighted by molar-refractivity contribution is 6.80. The summed E-state index contributed by atoms with van der Waals surface area (Å²) in [5.41, 5.74) is 14.3. The molecule has 9 nitrogen and oxygen atoms in total. The molecule has 8 rings (SSSR count). The van der Waals surface area contributed by atoms with E-state index in [-0.39, 0.29) is 25.6 Å². The fourth-order valence-corrected chi connectivity index (χ4v) is 7.41. The van der Waals surface area contributed by atoms with Gasteiger partial charge in [-0.25, -0.2) is 9.59 Å². The third-order valence-corrected chi connectivity index (χ3v) is 10.2. The van der Waals surface area contributed by atoms with Crippen LogP contribution in [0.5, 0.6) is 0 Å². The van der Waals surface area contributed by atoms with E-state index in [1.54, 1.807) is 24.3 Å². The number of methoxy groups -OCH3 is 2. The van der Waals surface area contributed by atoms with Crippen LogP contribution in [0.4, 0.5) is 17.1 Å². The number of anilines is 3. The number of fused-ring (bicyclic) bond motifs is 1. The first kappa shape index (κ1) is 33.4. The summed E-state index contributed by atoms with van der Waals surface area (Å²) in [6.45, 7) is 6.07. The highest BCUT2D eigenvalue weighted by Crippen LogP contribution is 2.44. The monoisotopic (exact) mass is 696 g/mol. The van der Waals surface area contributed by atoms with Gasteiger partial charge in [0, 0.05) is 33.4 Å². The number of esters is 2. The smallest absolute Gasteiger partial charge is 0.406 e. The molecule has 0 saturated heterocycles. The van der Waals surface area contributed by atoms with E-state index in [1.165, 1.54) is 14.2 Å². The molecule has 0 atom stereocenters. The molecule has 0 spiro atoms. The fourth-order valence-electron chi connectivity index (χ4n) is 7.41. The molecule has 53 heavy (non-hydrogen) atoms. The van der Waals surface area contributed by atoms with Gasteiger partial charge < -0.3 is 30.9 Å². The van der Waals surface area contributed by atoms with Crippen LogP contribution in [0.15, 0.2) is 115 Å². The van der Waals surface area contributed by atoms with Crippen molar-refractivity contribution in [3.63, 3.8) is 0 Å². The molecule has 0 saturated carbocycles. The van der Waals surface area contributed by atoms with Gasteiger partial charge >= 0.3 is 18.9 Å². The quantitative estimate of drug-likeness (QED) is 0.143. The van der Waals surface area contributed by atoms with Crippen LogP contribution in [0.1, 0.15) is 26.3 Å². The Kier molecular flexibility index (Phi) is 8.26. The number of rotatable bonds is 7. The summed E-state index contributed by atoms with van der Waals surface area (Å²) < 4.78 is 9.70. The molecule has 11 heteroatoms. The third-order valence-electron chi connectivity index (χ3n) is 10.2. The van der Waals surface area contributed by atoms with E-state index in [4.69, 9.17) is 15.2 Å². The van der Waals surface area contributed by atoms with Crippen LogP contribution in [0.25, 0.3) is 39.3 Å². The number of nitrogens with one attached hydrogen (secondary N) is 3. The molecule has 5 N–H and O–H groups in total. The van der Waals surface area contributed by atoms with Gasteiger partial charge in [-0.3, -0.25) is 4.79 Å². The zero-order chi connectivity index (χ0) is 37.0. The van der Waals surface area contributed by atoms with Gasteiger partial charge in [0.15, 0.2) is 5.78 Å². The van der Waals surface area contributed by atoms with Crippen LogP contribution in [-0.2, 0) is 14.3 Å². The van der Waals surface area contributed by atoms with Crippen molar-refractivity contribution >= 4 is 98.8 Å². The van der Waals surface area contributed by atoms with Crippen molar-refractivity contribution in [1.29, 1.82) is 0 Å². The van der Waals surface area contributed by atoms with E-state index in [0.717, 1.165) is 55.1 Å². The van der Waals surface area contributed by atoms with Crippen molar-refractivity contribution in [2.24, 2.45) is 5.73 Å². The van der Waals surface area contributed by atoms with E-state index < -0.39 is 5.97 Å². The van der Waals surface area contributed by atoms with Gasteiger partial charge in [0.05, 0.1) is 42.2 Å². The van der Waals surface area contributed by atoms with Crippen LogP contribution in [-0.4, -0.2) is 45.8 Å². The SMILES string of the molecule is C=c1/c(=C2\C(=O)C(c3ccc4cccc5c4c3NB(c3ccc(C(=O)OC)cc3)N5)=C2N)ccc2cccc(NB(C)c3ccc(C(=O)OC)cc3)c12. The van der Waals surface area contributed by atoms with Crippen molar-refractivity contribution in [2.75, 3.05) is 29.9 Å². The van der Waals surface area contributed by atoms with Gasteiger partial charge in [-0.2, -0.15) is 0 Å². The van der Waals surface area contributed by atoms with Gasteiger partial charge in [0.1, 0.15) is 0 Å². The normalized spacial score (nSPS) is 14.3. The Labute approximate surface area is 306 Å². The Balaban J connectivity index is 1.18. The Morgan fingerprint density at radius 2 is 1.38 bits per heavy atom. The van der Waals surface area contributed by atoms with E-state index >= 15 is 0 Å². The van der Waals surface area contributed by atoms with Crippen LogP contribution < -0.4 is 42.8 Å². The predicted molar refractivity (Wildman–Crippen MR) is 215 cm³/mol. The summed E-state index contributed by atoms with van der Waals surface area (Å²) in [4.78, 5) is 38.2. The van der Waals surface area contributed by atoms with Crippen molar-refractivity contribution < 1.29 is 23.9 Å². The second-order valence-corrected chi connectivity index (χ2v) is 13.2. The Hall–Kier alpha value is -6.74. The molecular weight excluding hydrogens is 662 g/mol. The second-order valence-electron chi connectivity index (χ2n) is 13.2. The van der Waals surface area contributed by atoms with E-state index in [2.05, 4.69) is 22.3 Å². The lowest BCUT2D eigenvalue weighted by molar-refractivity contribution is -0.109. The minimum atomic E-state index is -0.403. The average molecular weight is 696 g/mol. The Bertz CT molecular complexity index is 2680. The minimum absolute atomic E-state index is 0.101. The van der Waals surface area contributed by atoms with Crippen LogP contribution >= 0.6 is 0 Å². The van der Waals surface area contributed by atoms with Gasteiger partial charge in [-0.05, 0) is 63.1 Å². The molecule has 1 heterocycles. The second kappa shape index (κ2) is 13.1. The van der Waals surface area contributed by atoms with E-state index in [0.29, 0.717) is 38.4 Å². The maximum atomic E-state index is 14.3. The number of hydrogen-bond donors (Lipinski definition) is 4. The molecule has 0 bridgehead atoms. The molecule has 1 aliphatic heterocycles. The molecule has 2 aliphatic rings. The van der Waals surface area contributed by atoms with Crippen molar-refractivity contribution in [2.45, 2.75) is 6.82 Å². The van der Waals surface area contributed by atoms with Crippen LogP contribution in [0.2, 0.25) is 6.82 Å². The number of nitrogens with two attached hydrogens (primary N) is 1. The zero-order valence-electron chi connectivity index (χ0n) is 29.4. The number of allylic oxidation sites excluding steroid dienone is 2. The number of ether oxygens (including phenoxy) is 2. The number of carbonyl (C=O) groups is 3. The van der Waals surface area contributed by atoms with Gasteiger partial charge in [0.2, 0.25) is 0 Å². The van der Waals surface area contributed by atoms with Crippen molar-refractivity contribution in [1.82, 2.24) is 0 Å². The molecule has 0 radical (unpaired) electrons. The summed E-state index contributed by atoms with van der Waals surface area (Å²) in [6, 6.07) is 34.4. The fraction of sp³-hybridized carbons (Fsp3) is 0.0714. The lowest BCUT2D eigenvalue weighted by atomic mass is 9.58. The summed E-state index contributed by atoms with van der Waals surface area (Å²) in [6.07, 6.45) is 0. The molecule has 0 aromatic heterocycles. The molecule has 6 aromatic rings. The van der Waals surface area contributed by atoms with Gasteiger partial charge in [0.25, 0.3) is 6.85 Å². The maximum Gasteiger partial charge on any atom is 0.406 e. The van der Waals surface area contributed by atoms with Crippen LogP contribution in [0, 0.1) is 0 Å². The topological polar surface area (TPSA) is 132 Å². The molecule has 0 amide bonds. The Morgan fingerprint density at radius 3 is 2.04 bits per heavy atom. The zero-order valence-corrected chi connectivity index (χ0v) is 29.4. The first-order valence-corrected chi connectivity index (χ1v) is 17.2. The summed E-state index contributed by atoms with van der Waals surface area (Å²) in [5.74, 6) is -0.936. The van der Waals surface area contributed by atoms with Gasteiger partial charge in [-0.15, -0.1) is 0 Å². The van der Waals surface area contributed by atoms with E-state index in [1.807, 2.05) is 91.8 Å². The van der Waals surface area contributed by atoms with Crippen molar-refractivity contribution in [3.8, 4) is 0 Å². The number of hydrogen-bond acceptors (Lipinski definition) is 9. The number of benzene rings is 6. The minimum Gasteiger partial charge on any atom is -0.465 e. The third kappa shape index (κ3) is 5.57. The molecule has 1 aliphatic carbocycles. The largest absolute Gasteiger partial charge is 0.465 e. The summed E-state index contributed by atoms with van der Waals surface area (Å²) in [7, 11) is 2.72. The highest BCUT2D eigenvalue weighted by atomic mass is 16.5. The lowest BCUT2D eigenvalue weighted by Gasteiger charge is -2.31. The number of carbonyl (C=O) groups excluding carboxylic acids is 3. The lowest BCUT2D eigenvalue weighted by Crippen LogP contribution is -2.48. The standard InChI is InChI=1S/C42H34B2N4O5/c1-23-30(21-15-24-7-5-9-32(34(23)24)46-43(2)28-17-11-26(12-18-28)41(50)52-3)36-38(45)37(40(36)49)31-22-16-25-8-6-10-33-35(25)39(31)48-44(47-33)29-19-13-27(14-20-29)42(51)53-4/h5-22,46-48H,1,45H2,2-4H3/b36-30-. The first-order valence-electron chi connectivity index (χ1n) is 17.2. The first-order chi connectivity index (χ1) is 25.7. The van der Waals surface area contributed by atoms with E-state index in [9.17, 15) is 14.4 Å². The predicted octanol–water partition coefficient (Wildman–Crippen LogP) is 4.25. The van der Waals surface area contributed by atoms with Crippen LogP contribution in [0.3, 0.4) is 0 Å². The van der Waals surface area contributed by atoms with Gasteiger partial charge in [-0.1, -0.05) is 91.7 Å². The highest BCUT2D eigenvalue weighted by Gasteiger charge is 2.37. The molecular formula is C42H34B2N4O5. The molecule has 0 unspecified atom stereocenters. The molecule has 258 valence electrons. The average Bonchev–Trinajstić information content (AvgIpc) is 3.19. The molecule has 6 aromatic carbocycles. The maximum absolute atomic E-state index is 14.3. The van der Waals surface area contributed by atoms with Crippen molar-refractivity contribution in [3.05, 3.63) is 142 Å². The summed E-state index contributed by atoms with van der Waals surface area (Å²) in [5, 5.41) is 16.0.